The van der Waals surface area contributed by atoms with E-state index in [0.29, 0.717) is 0 Å². The van der Waals surface area contributed by atoms with Crippen LogP contribution in [0.3, 0.4) is 0 Å². The average molecular weight is 1920 g/mol. The lowest BCUT2D eigenvalue weighted by atomic mass is 9.96. The smallest absolute Gasteiger partial charge is 0.159 e. The summed E-state index contributed by atoms with van der Waals surface area (Å²) in [6, 6.07) is 170. The van der Waals surface area contributed by atoms with Gasteiger partial charge in [-0.1, -0.05) is 249 Å². The first kappa shape index (κ1) is 83.7. The Labute approximate surface area is 859 Å². The highest BCUT2D eigenvalue weighted by atomic mass is 16.3. The third-order valence-corrected chi connectivity index (χ3v) is 32.1. The molecule has 0 amide bonds. The molecule has 0 spiro atoms. The van der Waals surface area contributed by atoms with Crippen LogP contribution in [-0.2, 0) is 0 Å². The van der Waals surface area contributed by atoms with Gasteiger partial charge in [-0.2, -0.15) is 0 Å². The van der Waals surface area contributed by atoms with Crippen LogP contribution in [0.4, 0.5) is 68.2 Å². The molecular formula is C140H88N6O4. The second-order valence-electron chi connectivity index (χ2n) is 40.9. The number of fused-ring (bicyclic) bond motifs is 28. The van der Waals surface area contributed by atoms with Gasteiger partial charge in [-0.3, -0.25) is 0 Å². The number of hydrogen-bond acceptors (Lipinski definition) is 8. The lowest BCUT2D eigenvalue weighted by Gasteiger charge is -2.27. The van der Waals surface area contributed by atoms with Gasteiger partial charge in [-0.15, -0.1) is 0 Å². The van der Waals surface area contributed by atoms with Crippen molar-refractivity contribution in [3.63, 3.8) is 0 Å². The van der Waals surface area contributed by atoms with Gasteiger partial charge in [0.05, 0.1) is 55.8 Å². The summed E-state index contributed by atoms with van der Waals surface area (Å²) in [5.41, 5.74) is 37.5. The van der Waals surface area contributed by atoms with Crippen molar-refractivity contribution in [2.75, 3.05) is 19.6 Å². The Kier molecular flexibility index (Phi) is 17.8. The van der Waals surface area contributed by atoms with E-state index in [9.17, 15) is 0 Å². The van der Waals surface area contributed by atoms with Crippen molar-refractivity contribution in [1.29, 1.82) is 0 Å². The van der Waals surface area contributed by atoms with Gasteiger partial charge >= 0.3 is 0 Å². The molecule has 0 saturated carbocycles. The molecule has 0 aliphatic heterocycles. The summed E-state index contributed by atoms with van der Waals surface area (Å²) in [5, 5.41) is 27.4. The Morgan fingerprint density at radius 1 is 0.160 bits per heavy atom. The molecule has 10 nitrogen and oxygen atoms in total. The predicted molar refractivity (Wildman–Crippen MR) is 629 cm³/mol. The normalized spacial score (nSPS) is 12.3. The molecular weight excluding hydrogens is 1830 g/mol. The van der Waals surface area contributed by atoms with Gasteiger partial charge in [0.15, 0.2) is 22.3 Å². The van der Waals surface area contributed by atoms with Gasteiger partial charge < -0.3 is 46.1 Å². The molecule has 0 fully saturated rings. The highest BCUT2D eigenvalue weighted by molar-refractivity contribution is 6.30. The standard InChI is InChI=1S/C140H88N6O4/c1-81-24-18-30-99(62-81)141(123-41-20-35-108-105-32-10-15-45-131(105)147-137(108)123)101-57-52-89-68-114-119-75-98(76-120-115-69-90-53-58-102(65-94(90)78-128(115)145(136(119)120)127(114)77-93(89)64-101)142(100-31-19-25-82(2)63-100)124-42-21-36-109-106-33-11-16-46-132(106)148-138(109)124)87-50-48-86(49-51-87)88-56-61-134-116(72-88)111-38-23-44-126(140(111)150-134)144(122-40-14-9-27-84(122)4)104-60-55-92-71-113-118-74-97(85-28-6-5-7-29-85)73-117-112-70-91-54-59-103(66-95(91)79-129(112)146(135(117)118)130(113)80-96(92)67-104)143(121-39-13-8-26-83(121)3)125-43-22-37-110-107-34-12-17-47-133(107)149-139(110)125/h5-80H,1-4H3. The van der Waals surface area contributed by atoms with Crippen LogP contribution in [0.2, 0.25) is 0 Å². The van der Waals surface area contributed by atoms with E-state index >= 15 is 0 Å². The van der Waals surface area contributed by atoms with Crippen molar-refractivity contribution in [3.05, 3.63) is 483 Å². The van der Waals surface area contributed by atoms with Crippen LogP contribution in [0.1, 0.15) is 22.3 Å². The van der Waals surface area contributed by atoms with Gasteiger partial charge in [-0.25, -0.2) is 0 Å². The molecule has 0 N–H and O–H groups in total. The van der Waals surface area contributed by atoms with E-state index in [1.165, 1.54) is 76.4 Å². The topological polar surface area (TPSA) is 74.3 Å². The molecule has 0 bridgehead atoms. The van der Waals surface area contributed by atoms with Crippen molar-refractivity contribution in [2.45, 2.75) is 27.7 Å². The highest BCUT2D eigenvalue weighted by Crippen LogP contribution is 2.55. The molecule has 0 radical (unpaired) electrons. The molecule has 24 aromatic carbocycles. The van der Waals surface area contributed by atoms with Crippen LogP contribution < -0.4 is 19.6 Å². The molecule has 0 unspecified atom stereocenters. The SMILES string of the molecule is Cc1cccc(N(c2ccc3cc4c5cc(-c6ccc(-c7ccc8oc9c(N(c%10ccc%11cc%12c%13cc(-c%14ccccc%14)cc%14c%15cc%16ccc(N(c%17ccccc%17C)c%17cccc%18c%17oc%17ccccc%17%18)cc%16cc%15n(c%12cc%11c%10)c%14%13)c%10ccccc%10C)cccc9c8c7)cc6)cc6c7cc8ccc(N(c9cccc(C)c9)c9cccc%10c9oc9ccccc9%10)cc8cc7n(c4cc3c2)c56)c2cccc3c2oc2ccccc23)c1. The first-order valence-electron chi connectivity index (χ1n) is 51.5. The average Bonchev–Trinajstić information content (AvgIpc) is 1.53. The fourth-order valence-corrected chi connectivity index (χ4v) is 25.1. The van der Waals surface area contributed by atoms with Crippen LogP contribution in [0, 0.1) is 27.7 Å². The van der Waals surface area contributed by atoms with E-state index in [-0.39, 0.29) is 0 Å². The number of aryl methyl sites for hydroxylation is 4. The van der Waals surface area contributed by atoms with E-state index < -0.39 is 0 Å². The quantitative estimate of drug-likeness (QED) is 0.101. The van der Waals surface area contributed by atoms with E-state index in [1.54, 1.807) is 0 Å². The zero-order valence-corrected chi connectivity index (χ0v) is 82.2. The number of benzene rings is 24. The van der Waals surface area contributed by atoms with Gasteiger partial charge in [0.1, 0.15) is 22.3 Å². The number of furan rings is 4. The summed E-state index contributed by atoms with van der Waals surface area (Å²) in [6.45, 7) is 8.73. The molecule has 702 valence electrons. The third kappa shape index (κ3) is 12.6. The van der Waals surface area contributed by atoms with Gasteiger partial charge in [0, 0.05) is 132 Å². The maximum absolute atomic E-state index is 7.27. The number of rotatable bonds is 15. The second kappa shape index (κ2) is 31.9. The molecule has 10 heteroatoms. The molecule has 0 aliphatic carbocycles. The summed E-state index contributed by atoms with van der Waals surface area (Å²) in [5.74, 6) is 0. The molecule has 0 atom stereocenters. The summed E-state index contributed by atoms with van der Waals surface area (Å²) in [7, 11) is 0. The van der Waals surface area contributed by atoms with Gasteiger partial charge in [0.25, 0.3) is 0 Å². The lowest BCUT2D eigenvalue weighted by Crippen LogP contribution is -2.11. The molecule has 8 heterocycles. The molecule has 8 aromatic heterocycles. The van der Waals surface area contributed by atoms with E-state index in [0.717, 1.165) is 255 Å². The maximum atomic E-state index is 7.27. The largest absolute Gasteiger partial charge is 0.454 e. The monoisotopic (exact) mass is 1920 g/mol. The Hall–Kier alpha value is -19.7. The summed E-state index contributed by atoms with van der Waals surface area (Å²) in [6.07, 6.45) is 0. The Morgan fingerprint density at radius 2 is 0.440 bits per heavy atom. The number of nitrogens with zero attached hydrogens (tertiary/aromatic N) is 6. The van der Waals surface area contributed by atoms with Crippen molar-refractivity contribution < 1.29 is 17.7 Å². The summed E-state index contributed by atoms with van der Waals surface area (Å²) >= 11 is 0. The van der Waals surface area contributed by atoms with Gasteiger partial charge in [-0.05, 0) is 339 Å². The molecule has 0 saturated heterocycles. The van der Waals surface area contributed by atoms with Crippen LogP contribution in [0.5, 0.6) is 0 Å². The number of para-hydroxylation sites is 9. The number of hydrogen-bond donors (Lipinski definition) is 0. The number of anilines is 12. The minimum absolute atomic E-state index is 0.810. The van der Waals surface area contributed by atoms with Gasteiger partial charge in [0.2, 0.25) is 0 Å². The summed E-state index contributed by atoms with van der Waals surface area (Å²) in [4.78, 5) is 9.52. The number of aromatic nitrogens is 2. The Bertz CT molecular complexity index is 11100. The zero-order valence-electron chi connectivity index (χ0n) is 82.2. The van der Waals surface area contributed by atoms with Crippen LogP contribution in [0.25, 0.3) is 240 Å². The Morgan fingerprint density at radius 3 is 0.813 bits per heavy atom. The first-order chi connectivity index (χ1) is 73.9. The van der Waals surface area contributed by atoms with E-state index in [1.807, 2.05) is 18.2 Å². The predicted octanol–water partition coefficient (Wildman–Crippen LogP) is 40.3. The molecule has 32 rings (SSSR count). The van der Waals surface area contributed by atoms with E-state index in [4.69, 9.17) is 17.7 Å². The molecule has 150 heavy (non-hydrogen) atoms. The Balaban J connectivity index is 0.518. The van der Waals surface area contributed by atoms with Crippen molar-refractivity contribution in [3.8, 4) is 33.4 Å². The van der Waals surface area contributed by atoms with Crippen LogP contribution in [0.15, 0.2) is 479 Å². The molecule has 32 aromatic rings. The third-order valence-electron chi connectivity index (χ3n) is 32.1. The maximum Gasteiger partial charge on any atom is 0.159 e. The minimum atomic E-state index is 0.810. The second-order valence-corrected chi connectivity index (χ2v) is 40.9. The van der Waals surface area contributed by atoms with Crippen molar-refractivity contribution >= 4 is 275 Å². The van der Waals surface area contributed by atoms with Crippen LogP contribution >= 0.6 is 0 Å². The molecule has 0 aliphatic rings. The highest BCUT2D eigenvalue weighted by Gasteiger charge is 2.31. The zero-order chi connectivity index (χ0) is 98.7. The fraction of sp³-hybridized carbons (Fsp3) is 0.0286. The van der Waals surface area contributed by atoms with Crippen LogP contribution in [-0.4, -0.2) is 8.80 Å². The van der Waals surface area contributed by atoms with Crippen molar-refractivity contribution in [2.24, 2.45) is 0 Å². The van der Waals surface area contributed by atoms with Crippen molar-refractivity contribution in [1.82, 2.24) is 8.80 Å². The fourth-order valence-electron chi connectivity index (χ4n) is 25.1. The lowest BCUT2D eigenvalue weighted by molar-refractivity contribution is 0.668. The minimum Gasteiger partial charge on any atom is -0.454 e. The summed E-state index contributed by atoms with van der Waals surface area (Å²) < 4.78 is 32.9. The van der Waals surface area contributed by atoms with E-state index in [2.05, 4.69) is 499 Å². The first-order valence-corrected chi connectivity index (χ1v) is 51.5.